The summed E-state index contributed by atoms with van der Waals surface area (Å²) in [6.07, 6.45) is 1.75. The van der Waals surface area contributed by atoms with E-state index in [1.807, 2.05) is 0 Å². The Hall–Kier alpha value is -1.36. The van der Waals surface area contributed by atoms with Gasteiger partial charge in [-0.2, -0.15) is 0 Å². The zero-order valence-electron chi connectivity index (χ0n) is 7.93. The van der Waals surface area contributed by atoms with Crippen LogP contribution in [-0.4, -0.2) is 40.3 Å². The van der Waals surface area contributed by atoms with Crippen molar-refractivity contribution in [1.82, 2.24) is 10.1 Å². The molecule has 0 aromatic carbocycles. The Kier molecular flexibility index (Phi) is 2.25. The van der Waals surface area contributed by atoms with E-state index in [0.717, 1.165) is 5.56 Å². The minimum Gasteiger partial charge on any atom is -0.391 e. The molecule has 1 aromatic rings. The minimum atomic E-state index is -0.401. The van der Waals surface area contributed by atoms with Crippen molar-refractivity contribution in [2.45, 2.75) is 19.4 Å². The molecular formula is C9H12N2O3. The second-order valence-electron chi connectivity index (χ2n) is 3.53. The molecule has 14 heavy (non-hydrogen) atoms. The molecule has 1 aromatic heterocycles. The van der Waals surface area contributed by atoms with E-state index < -0.39 is 6.10 Å². The molecule has 0 bridgehead atoms. The van der Waals surface area contributed by atoms with Gasteiger partial charge in [-0.15, -0.1) is 0 Å². The SMILES string of the molecule is Cc1cnoc1C(=O)N1CC[C@@H](O)C1. The van der Waals surface area contributed by atoms with Crippen LogP contribution < -0.4 is 0 Å². The Morgan fingerprint density at radius 2 is 2.57 bits per heavy atom. The zero-order chi connectivity index (χ0) is 10.1. The second-order valence-corrected chi connectivity index (χ2v) is 3.53. The van der Waals surface area contributed by atoms with Gasteiger partial charge in [0, 0.05) is 18.7 Å². The molecule has 5 nitrogen and oxygen atoms in total. The van der Waals surface area contributed by atoms with Crippen LogP contribution in [0.4, 0.5) is 0 Å². The van der Waals surface area contributed by atoms with Gasteiger partial charge in [0.15, 0.2) is 0 Å². The van der Waals surface area contributed by atoms with Crippen LogP contribution in [0.1, 0.15) is 22.5 Å². The second kappa shape index (κ2) is 3.42. The number of hydrogen-bond acceptors (Lipinski definition) is 4. The Labute approximate surface area is 81.3 Å². The highest BCUT2D eigenvalue weighted by atomic mass is 16.5. The third-order valence-electron chi connectivity index (χ3n) is 2.39. The molecule has 1 saturated heterocycles. The van der Waals surface area contributed by atoms with Crippen LogP contribution in [0.2, 0.25) is 0 Å². The van der Waals surface area contributed by atoms with E-state index >= 15 is 0 Å². The van der Waals surface area contributed by atoms with Gasteiger partial charge in [-0.3, -0.25) is 4.79 Å². The van der Waals surface area contributed by atoms with Crippen LogP contribution in [0, 0.1) is 6.92 Å². The molecular weight excluding hydrogens is 184 g/mol. The van der Waals surface area contributed by atoms with Gasteiger partial charge in [0.1, 0.15) is 0 Å². The maximum Gasteiger partial charge on any atom is 0.292 e. The number of hydrogen-bond donors (Lipinski definition) is 1. The van der Waals surface area contributed by atoms with Crippen molar-refractivity contribution in [3.05, 3.63) is 17.5 Å². The highest BCUT2D eigenvalue weighted by Gasteiger charge is 2.28. The zero-order valence-corrected chi connectivity index (χ0v) is 7.93. The van der Waals surface area contributed by atoms with Crippen LogP contribution in [0.25, 0.3) is 0 Å². The molecule has 2 rings (SSSR count). The lowest BCUT2D eigenvalue weighted by Gasteiger charge is -2.13. The molecule has 1 amide bonds. The van der Waals surface area contributed by atoms with Gasteiger partial charge in [-0.05, 0) is 13.3 Å². The maximum absolute atomic E-state index is 11.8. The standard InChI is InChI=1S/C9H12N2O3/c1-6-4-10-14-8(6)9(13)11-3-2-7(12)5-11/h4,7,12H,2-3,5H2,1H3/t7-/m1/s1. The Balaban J connectivity index is 2.13. The predicted octanol–water partition coefficient (Wildman–Crippen LogP) is 0.190. The summed E-state index contributed by atoms with van der Waals surface area (Å²) in [7, 11) is 0. The number of aliphatic hydroxyl groups excluding tert-OH is 1. The third kappa shape index (κ3) is 1.50. The Bertz CT molecular complexity index is 348. The van der Waals surface area contributed by atoms with Crippen LogP contribution >= 0.6 is 0 Å². The molecule has 1 aliphatic heterocycles. The van der Waals surface area contributed by atoms with E-state index in [1.165, 1.54) is 6.20 Å². The summed E-state index contributed by atoms with van der Waals surface area (Å²) < 4.78 is 4.85. The number of carbonyl (C=O) groups is 1. The van der Waals surface area contributed by atoms with Gasteiger partial charge in [-0.1, -0.05) is 5.16 Å². The van der Waals surface area contributed by atoms with E-state index in [0.29, 0.717) is 19.5 Å². The summed E-state index contributed by atoms with van der Waals surface area (Å²) in [6, 6.07) is 0. The van der Waals surface area contributed by atoms with Gasteiger partial charge in [0.2, 0.25) is 5.76 Å². The Morgan fingerprint density at radius 1 is 1.79 bits per heavy atom. The monoisotopic (exact) mass is 196 g/mol. The van der Waals surface area contributed by atoms with Gasteiger partial charge >= 0.3 is 0 Å². The van der Waals surface area contributed by atoms with Gasteiger partial charge in [0.25, 0.3) is 5.91 Å². The highest BCUT2D eigenvalue weighted by Crippen LogP contribution is 2.15. The van der Waals surface area contributed by atoms with Crippen molar-refractivity contribution in [2.75, 3.05) is 13.1 Å². The molecule has 0 saturated carbocycles. The van der Waals surface area contributed by atoms with E-state index in [1.54, 1.807) is 11.8 Å². The average Bonchev–Trinajstić information content (AvgIpc) is 2.73. The smallest absolute Gasteiger partial charge is 0.292 e. The lowest BCUT2D eigenvalue weighted by atomic mass is 10.3. The van der Waals surface area contributed by atoms with Gasteiger partial charge < -0.3 is 14.5 Å². The average molecular weight is 196 g/mol. The summed E-state index contributed by atoms with van der Waals surface area (Å²) in [5.74, 6) is 0.0932. The normalized spacial score (nSPS) is 21.6. The maximum atomic E-state index is 11.8. The lowest BCUT2D eigenvalue weighted by Crippen LogP contribution is -2.29. The van der Waals surface area contributed by atoms with Crippen LogP contribution in [0.5, 0.6) is 0 Å². The molecule has 1 fully saturated rings. The number of likely N-dealkylation sites (tertiary alicyclic amines) is 1. The van der Waals surface area contributed by atoms with Crippen molar-refractivity contribution in [1.29, 1.82) is 0 Å². The fourth-order valence-electron chi connectivity index (χ4n) is 1.57. The van der Waals surface area contributed by atoms with Crippen molar-refractivity contribution in [2.24, 2.45) is 0 Å². The molecule has 1 aliphatic rings. The first-order valence-electron chi connectivity index (χ1n) is 4.57. The lowest BCUT2D eigenvalue weighted by molar-refractivity contribution is 0.0723. The van der Waals surface area contributed by atoms with E-state index in [4.69, 9.17) is 4.52 Å². The number of β-amino-alcohol motifs (C(OH)–C–C–N with tert-alkyl or cyclic N) is 1. The number of nitrogens with zero attached hydrogens (tertiary/aromatic N) is 2. The van der Waals surface area contributed by atoms with E-state index in [2.05, 4.69) is 5.16 Å². The van der Waals surface area contributed by atoms with E-state index in [9.17, 15) is 9.90 Å². The van der Waals surface area contributed by atoms with Gasteiger partial charge in [0.05, 0.1) is 12.3 Å². The quantitative estimate of drug-likeness (QED) is 0.696. The molecule has 5 heteroatoms. The topological polar surface area (TPSA) is 66.6 Å². The van der Waals surface area contributed by atoms with Crippen molar-refractivity contribution in [3.63, 3.8) is 0 Å². The number of aromatic nitrogens is 1. The molecule has 1 N–H and O–H groups in total. The molecule has 0 aliphatic carbocycles. The number of aliphatic hydroxyl groups is 1. The van der Waals surface area contributed by atoms with Crippen LogP contribution in [-0.2, 0) is 0 Å². The molecule has 76 valence electrons. The summed E-state index contributed by atoms with van der Waals surface area (Å²) in [6.45, 7) is 2.75. The van der Waals surface area contributed by atoms with Crippen LogP contribution in [0.3, 0.4) is 0 Å². The summed E-state index contributed by atoms with van der Waals surface area (Å²) in [5, 5.41) is 12.8. The summed E-state index contributed by atoms with van der Waals surface area (Å²) in [4.78, 5) is 13.3. The molecule has 1 atom stereocenters. The van der Waals surface area contributed by atoms with Crippen molar-refractivity contribution < 1.29 is 14.4 Å². The molecule has 0 unspecified atom stereocenters. The first kappa shape index (κ1) is 9.21. The van der Waals surface area contributed by atoms with E-state index in [-0.39, 0.29) is 11.7 Å². The number of amides is 1. The van der Waals surface area contributed by atoms with Crippen molar-refractivity contribution >= 4 is 5.91 Å². The molecule has 0 spiro atoms. The predicted molar refractivity (Wildman–Crippen MR) is 47.8 cm³/mol. The fourth-order valence-corrected chi connectivity index (χ4v) is 1.57. The first-order valence-corrected chi connectivity index (χ1v) is 4.57. The van der Waals surface area contributed by atoms with Gasteiger partial charge in [-0.25, -0.2) is 0 Å². The number of carbonyl (C=O) groups excluding carboxylic acids is 1. The number of aryl methyl sites for hydroxylation is 1. The first-order chi connectivity index (χ1) is 6.68. The molecule has 0 radical (unpaired) electrons. The number of rotatable bonds is 1. The van der Waals surface area contributed by atoms with Crippen molar-refractivity contribution in [3.8, 4) is 0 Å². The molecule has 2 heterocycles. The highest BCUT2D eigenvalue weighted by molar-refractivity contribution is 5.92. The summed E-state index contributed by atoms with van der Waals surface area (Å²) >= 11 is 0. The third-order valence-corrected chi connectivity index (χ3v) is 2.39. The fraction of sp³-hybridized carbons (Fsp3) is 0.556. The minimum absolute atomic E-state index is 0.184. The summed E-state index contributed by atoms with van der Waals surface area (Å²) in [5.41, 5.74) is 0.733. The Morgan fingerprint density at radius 3 is 3.07 bits per heavy atom. The van der Waals surface area contributed by atoms with Crippen LogP contribution in [0.15, 0.2) is 10.7 Å². The largest absolute Gasteiger partial charge is 0.391 e.